The number of nitrogens with one attached hydrogen (secondary N) is 1. The highest BCUT2D eigenvalue weighted by atomic mass is 35.5. The summed E-state index contributed by atoms with van der Waals surface area (Å²) in [5.74, 6) is -2.20. The fourth-order valence-electron chi connectivity index (χ4n) is 4.72. The summed E-state index contributed by atoms with van der Waals surface area (Å²) in [6.45, 7) is 1.69. The summed E-state index contributed by atoms with van der Waals surface area (Å²) in [4.78, 5) is 38.3. The average Bonchev–Trinajstić information content (AvgIpc) is 3.43. The Balaban J connectivity index is 1.27. The molecule has 0 bridgehead atoms. The number of halogens is 1. The van der Waals surface area contributed by atoms with Gasteiger partial charge in [0.15, 0.2) is 6.61 Å². The number of carbonyl (C=O) groups is 3. The molecule has 9 nitrogen and oxygen atoms in total. The number of benzene rings is 3. The molecule has 0 radical (unpaired) electrons. The molecule has 12 heteroatoms. The summed E-state index contributed by atoms with van der Waals surface area (Å²) in [6.07, 6.45) is 0.592. The molecule has 0 spiro atoms. The van der Waals surface area contributed by atoms with Crippen LogP contribution in [0.1, 0.15) is 38.8 Å². The molecule has 5 rings (SSSR count). The molecular formula is C31H27ClN2O7S2. The summed E-state index contributed by atoms with van der Waals surface area (Å²) in [7, 11) is -3.88. The first-order chi connectivity index (χ1) is 20.7. The third-order valence-electron chi connectivity index (χ3n) is 6.83. The minimum atomic E-state index is -3.88. The zero-order valence-electron chi connectivity index (χ0n) is 23.0. The van der Waals surface area contributed by atoms with Crippen molar-refractivity contribution in [3.63, 3.8) is 0 Å². The maximum absolute atomic E-state index is 13.4. The average molecular weight is 639 g/mol. The summed E-state index contributed by atoms with van der Waals surface area (Å²) >= 11 is 7.44. The molecule has 0 aliphatic carbocycles. The predicted octanol–water partition coefficient (Wildman–Crippen LogP) is 5.79. The number of sulfonamides is 1. The van der Waals surface area contributed by atoms with Gasteiger partial charge in [-0.25, -0.2) is 18.0 Å². The maximum Gasteiger partial charge on any atom is 0.341 e. The molecule has 1 N–H and O–H groups in total. The van der Waals surface area contributed by atoms with E-state index in [1.165, 1.54) is 28.6 Å². The number of rotatable bonds is 9. The maximum atomic E-state index is 13.4. The van der Waals surface area contributed by atoms with Gasteiger partial charge in [-0.05, 0) is 48.7 Å². The number of amides is 1. The van der Waals surface area contributed by atoms with Crippen molar-refractivity contribution in [2.24, 2.45) is 0 Å². The number of nitrogens with zero attached hydrogens (tertiary/aromatic N) is 1. The Morgan fingerprint density at radius 2 is 1.67 bits per heavy atom. The van der Waals surface area contributed by atoms with Crippen LogP contribution in [0.25, 0.3) is 11.1 Å². The molecule has 0 unspecified atom stereocenters. The zero-order valence-corrected chi connectivity index (χ0v) is 25.4. The molecule has 1 amide bonds. The highest BCUT2D eigenvalue weighted by Gasteiger charge is 2.29. The fourth-order valence-corrected chi connectivity index (χ4v) is 7.39. The van der Waals surface area contributed by atoms with Crippen molar-refractivity contribution in [3.8, 4) is 11.1 Å². The van der Waals surface area contributed by atoms with Gasteiger partial charge in [-0.2, -0.15) is 4.31 Å². The molecule has 0 saturated heterocycles. The van der Waals surface area contributed by atoms with Crippen molar-refractivity contribution in [1.29, 1.82) is 0 Å². The van der Waals surface area contributed by atoms with Gasteiger partial charge in [0, 0.05) is 34.6 Å². The number of hydrogen-bond donors (Lipinski definition) is 1. The van der Waals surface area contributed by atoms with E-state index in [-0.39, 0.29) is 34.2 Å². The first-order valence-corrected chi connectivity index (χ1v) is 16.1. The number of thiophene rings is 1. The van der Waals surface area contributed by atoms with E-state index in [1.807, 2.05) is 24.3 Å². The van der Waals surface area contributed by atoms with E-state index in [2.05, 4.69) is 5.32 Å². The second kappa shape index (κ2) is 13.1. The van der Waals surface area contributed by atoms with E-state index in [9.17, 15) is 22.8 Å². The Bertz CT molecular complexity index is 1800. The van der Waals surface area contributed by atoms with Crippen LogP contribution >= 0.6 is 22.9 Å². The second-order valence-corrected chi connectivity index (χ2v) is 12.8. The third kappa shape index (κ3) is 6.65. The Morgan fingerprint density at radius 3 is 2.44 bits per heavy atom. The zero-order chi connectivity index (χ0) is 30.6. The second-order valence-electron chi connectivity index (χ2n) is 9.56. The highest BCUT2D eigenvalue weighted by Crippen LogP contribution is 2.39. The quantitative estimate of drug-likeness (QED) is 0.231. The van der Waals surface area contributed by atoms with Crippen LogP contribution in [0.15, 0.2) is 83.1 Å². The van der Waals surface area contributed by atoms with E-state index < -0.39 is 34.5 Å². The molecule has 0 atom stereocenters. The van der Waals surface area contributed by atoms with E-state index in [0.29, 0.717) is 29.1 Å². The smallest absolute Gasteiger partial charge is 0.341 e. The lowest BCUT2D eigenvalue weighted by molar-refractivity contribution is -0.119. The summed E-state index contributed by atoms with van der Waals surface area (Å²) in [5, 5.41) is 4.93. The number of hydrogen-bond acceptors (Lipinski definition) is 8. The van der Waals surface area contributed by atoms with Gasteiger partial charge in [-0.3, -0.25) is 4.79 Å². The normalized spacial score (nSPS) is 13.2. The summed E-state index contributed by atoms with van der Waals surface area (Å²) in [6, 6.07) is 20.2. The van der Waals surface area contributed by atoms with Crippen molar-refractivity contribution in [2.45, 2.75) is 24.8 Å². The van der Waals surface area contributed by atoms with Crippen LogP contribution < -0.4 is 5.32 Å². The van der Waals surface area contributed by atoms with Crippen LogP contribution in [0.5, 0.6) is 0 Å². The third-order valence-corrected chi connectivity index (χ3v) is 9.89. The molecule has 1 aliphatic heterocycles. The van der Waals surface area contributed by atoms with Crippen molar-refractivity contribution < 1.29 is 32.3 Å². The van der Waals surface area contributed by atoms with Crippen LogP contribution in [-0.4, -0.2) is 50.3 Å². The molecule has 0 fully saturated rings. The van der Waals surface area contributed by atoms with E-state index in [0.717, 1.165) is 22.5 Å². The molecule has 2 heterocycles. The standard InChI is InChI=1S/C31H27ClN2O7S2/c1-2-40-31(37)28-25(24-12-5-6-13-26(24)32)19-42-29(28)33-27(35)18-41-30(36)21-10-7-11-23(16-21)43(38,39)34-15-14-20-8-3-4-9-22(20)17-34/h3-13,16,19H,2,14-15,17-18H2,1H3,(H,33,35). The SMILES string of the molecule is CCOC(=O)c1c(-c2ccccc2Cl)csc1NC(=O)COC(=O)c1cccc(S(=O)(=O)N2CCc3ccccc3C2)c1. The molecule has 1 aromatic heterocycles. The minimum Gasteiger partial charge on any atom is -0.462 e. The summed E-state index contributed by atoms with van der Waals surface area (Å²) in [5.41, 5.74) is 3.26. The van der Waals surface area contributed by atoms with Crippen molar-refractivity contribution in [3.05, 3.63) is 105 Å². The first-order valence-electron chi connectivity index (χ1n) is 13.4. The predicted molar refractivity (Wildman–Crippen MR) is 164 cm³/mol. The van der Waals surface area contributed by atoms with Crippen LogP contribution in [0.2, 0.25) is 5.02 Å². The Labute approximate surface area is 258 Å². The van der Waals surface area contributed by atoms with Gasteiger partial charge < -0.3 is 14.8 Å². The van der Waals surface area contributed by atoms with E-state index in [1.54, 1.807) is 36.6 Å². The lowest BCUT2D eigenvalue weighted by Gasteiger charge is -2.28. The Morgan fingerprint density at radius 1 is 0.930 bits per heavy atom. The van der Waals surface area contributed by atoms with Crippen molar-refractivity contribution >= 4 is 55.8 Å². The van der Waals surface area contributed by atoms with Gasteiger partial charge in [-0.15, -0.1) is 11.3 Å². The Hall–Kier alpha value is -4.03. The van der Waals surface area contributed by atoms with E-state index in [4.69, 9.17) is 21.1 Å². The van der Waals surface area contributed by atoms with Crippen molar-refractivity contribution in [1.82, 2.24) is 4.31 Å². The van der Waals surface area contributed by atoms with Gasteiger partial charge >= 0.3 is 11.9 Å². The van der Waals surface area contributed by atoms with Gasteiger partial charge in [0.1, 0.15) is 10.6 Å². The van der Waals surface area contributed by atoms with Crippen LogP contribution in [-0.2, 0) is 37.3 Å². The van der Waals surface area contributed by atoms with Gasteiger partial charge in [-0.1, -0.05) is 60.1 Å². The Kier molecular flexibility index (Phi) is 9.26. The van der Waals surface area contributed by atoms with Crippen LogP contribution in [0.3, 0.4) is 0 Å². The summed E-state index contributed by atoms with van der Waals surface area (Å²) < 4.78 is 38.5. The van der Waals surface area contributed by atoms with Crippen LogP contribution in [0, 0.1) is 0 Å². The van der Waals surface area contributed by atoms with Gasteiger partial charge in [0.05, 0.1) is 17.1 Å². The fraction of sp³-hybridized carbons (Fsp3) is 0.194. The molecule has 1 aliphatic rings. The van der Waals surface area contributed by atoms with Crippen molar-refractivity contribution in [2.75, 3.05) is 25.1 Å². The van der Waals surface area contributed by atoms with Gasteiger partial charge in [0.25, 0.3) is 5.91 Å². The monoisotopic (exact) mass is 638 g/mol. The number of carbonyl (C=O) groups excluding carboxylic acids is 3. The molecule has 3 aromatic carbocycles. The topological polar surface area (TPSA) is 119 Å². The molecule has 4 aromatic rings. The minimum absolute atomic E-state index is 0.0179. The first kappa shape index (κ1) is 30.4. The number of esters is 2. The lowest BCUT2D eigenvalue weighted by atomic mass is 10.0. The highest BCUT2D eigenvalue weighted by molar-refractivity contribution is 7.89. The number of anilines is 1. The largest absolute Gasteiger partial charge is 0.462 e. The lowest BCUT2D eigenvalue weighted by Crippen LogP contribution is -2.36. The molecular weight excluding hydrogens is 612 g/mol. The molecule has 43 heavy (non-hydrogen) atoms. The van der Waals surface area contributed by atoms with E-state index >= 15 is 0 Å². The van der Waals surface area contributed by atoms with Gasteiger partial charge in [0.2, 0.25) is 10.0 Å². The molecule has 0 saturated carbocycles. The van der Waals surface area contributed by atoms with Crippen LogP contribution in [0.4, 0.5) is 5.00 Å². The molecule has 222 valence electrons. The number of fused-ring (bicyclic) bond motifs is 1. The number of ether oxygens (including phenoxy) is 2.